The summed E-state index contributed by atoms with van der Waals surface area (Å²) in [7, 11) is 1.73. The van der Waals surface area contributed by atoms with Crippen LogP contribution in [0.25, 0.3) is 0 Å². The Morgan fingerprint density at radius 3 is 2.93 bits per heavy atom. The summed E-state index contributed by atoms with van der Waals surface area (Å²) in [5.74, 6) is 2.20. The van der Waals surface area contributed by atoms with Gasteiger partial charge in [-0.3, -0.25) is 5.32 Å². The van der Waals surface area contributed by atoms with Gasteiger partial charge in [0.05, 0.1) is 12.5 Å². The summed E-state index contributed by atoms with van der Waals surface area (Å²) in [6, 6.07) is 8.85. The molecule has 82 valence electrons. The minimum atomic E-state index is 0.380. The van der Waals surface area contributed by atoms with E-state index in [9.17, 15) is 0 Å². The number of nitrogens with one attached hydrogen (secondary N) is 1. The quantitative estimate of drug-likeness (QED) is 0.833. The number of hydrogen-bond donors (Lipinski definition) is 1. The molecule has 0 amide bonds. The normalized spacial score (nSPS) is 26.3. The van der Waals surface area contributed by atoms with Crippen molar-refractivity contribution in [3.8, 4) is 5.75 Å². The van der Waals surface area contributed by atoms with Crippen molar-refractivity contribution < 1.29 is 4.74 Å². The number of ether oxygens (including phenoxy) is 1. The van der Waals surface area contributed by atoms with Crippen molar-refractivity contribution in [3.05, 3.63) is 29.8 Å². The number of methoxy groups -OCH3 is 1. The molecule has 0 radical (unpaired) electrons. The molecule has 1 N–H and O–H groups in total. The molecule has 1 heterocycles. The molecule has 1 aliphatic heterocycles. The summed E-state index contributed by atoms with van der Waals surface area (Å²) in [6.07, 6.45) is 1.25. The van der Waals surface area contributed by atoms with Crippen LogP contribution in [-0.2, 0) is 0 Å². The van der Waals surface area contributed by atoms with E-state index >= 15 is 0 Å². The molecule has 2 nitrogen and oxygen atoms in total. The summed E-state index contributed by atoms with van der Waals surface area (Å²) in [5.41, 5.74) is 1.26. The van der Waals surface area contributed by atoms with Crippen molar-refractivity contribution in [1.29, 1.82) is 0 Å². The molecule has 1 aliphatic rings. The Kier molecular flexibility index (Phi) is 3.54. The van der Waals surface area contributed by atoms with E-state index in [1.807, 2.05) is 23.9 Å². The van der Waals surface area contributed by atoms with Crippen molar-refractivity contribution in [2.75, 3.05) is 12.9 Å². The van der Waals surface area contributed by atoms with Crippen LogP contribution in [0.15, 0.2) is 24.3 Å². The van der Waals surface area contributed by atoms with E-state index in [0.29, 0.717) is 11.4 Å². The smallest absolute Gasteiger partial charge is 0.124 e. The molecule has 1 aromatic carbocycles. The number of benzene rings is 1. The molecule has 2 atom stereocenters. The Morgan fingerprint density at radius 2 is 2.20 bits per heavy atom. The molecular formula is C12H17NOS. The fourth-order valence-electron chi connectivity index (χ4n) is 1.82. The van der Waals surface area contributed by atoms with Gasteiger partial charge in [-0.2, -0.15) is 0 Å². The Morgan fingerprint density at radius 1 is 1.40 bits per heavy atom. The first-order valence-corrected chi connectivity index (χ1v) is 6.36. The van der Waals surface area contributed by atoms with Crippen LogP contribution in [0.1, 0.15) is 24.3 Å². The van der Waals surface area contributed by atoms with Gasteiger partial charge >= 0.3 is 0 Å². The predicted molar refractivity (Wildman–Crippen MR) is 65.4 cm³/mol. The van der Waals surface area contributed by atoms with Gasteiger partial charge in [0, 0.05) is 11.6 Å². The predicted octanol–water partition coefficient (Wildman–Crippen LogP) is 2.81. The Bertz CT molecular complexity index is 329. The first-order chi connectivity index (χ1) is 7.31. The monoisotopic (exact) mass is 223 g/mol. The molecule has 1 aromatic rings. The largest absolute Gasteiger partial charge is 0.496 e. The highest BCUT2D eigenvalue weighted by molar-refractivity contribution is 7.99. The number of hydrogen-bond acceptors (Lipinski definition) is 3. The zero-order valence-corrected chi connectivity index (χ0v) is 10.0. The van der Waals surface area contributed by atoms with E-state index in [1.165, 1.54) is 17.7 Å². The van der Waals surface area contributed by atoms with Crippen LogP contribution in [0.2, 0.25) is 0 Å². The van der Waals surface area contributed by atoms with E-state index in [0.717, 1.165) is 5.75 Å². The second-order valence-corrected chi connectivity index (χ2v) is 5.06. The Labute approximate surface area is 95.4 Å². The lowest BCUT2D eigenvalue weighted by molar-refractivity contribution is 0.403. The van der Waals surface area contributed by atoms with Crippen molar-refractivity contribution >= 4 is 11.8 Å². The first-order valence-electron chi connectivity index (χ1n) is 5.32. The van der Waals surface area contributed by atoms with Gasteiger partial charge in [-0.05, 0) is 25.2 Å². The first kappa shape index (κ1) is 10.8. The molecule has 1 saturated heterocycles. The summed E-state index contributed by atoms with van der Waals surface area (Å²) in [4.78, 5) is 0. The zero-order valence-electron chi connectivity index (χ0n) is 9.19. The van der Waals surface area contributed by atoms with Crippen LogP contribution in [0.4, 0.5) is 0 Å². The van der Waals surface area contributed by atoms with Gasteiger partial charge in [-0.25, -0.2) is 0 Å². The van der Waals surface area contributed by atoms with Gasteiger partial charge < -0.3 is 4.74 Å². The number of thioether (sulfide) groups is 1. The molecule has 0 bridgehead atoms. The summed E-state index contributed by atoms with van der Waals surface area (Å²) in [5, 5.41) is 3.97. The van der Waals surface area contributed by atoms with Gasteiger partial charge in [0.1, 0.15) is 5.75 Å². The molecule has 0 aliphatic carbocycles. The van der Waals surface area contributed by atoms with Crippen molar-refractivity contribution in [2.24, 2.45) is 0 Å². The number of rotatable bonds is 2. The second-order valence-electron chi connectivity index (χ2n) is 3.85. The van der Waals surface area contributed by atoms with Gasteiger partial charge in [0.15, 0.2) is 0 Å². The van der Waals surface area contributed by atoms with E-state index in [2.05, 4.69) is 24.4 Å². The van der Waals surface area contributed by atoms with E-state index in [-0.39, 0.29) is 0 Å². The highest BCUT2D eigenvalue weighted by Crippen LogP contribution is 2.36. The molecule has 2 rings (SSSR count). The number of para-hydroxylation sites is 1. The summed E-state index contributed by atoms with van der Waals surface area (Å²) >= 11 is 1.96. The Hall–Kier alpha value is -0.670. The maximum Gasteiger partial charge on any atom is 0.124 e. The van der Waals surface area contributed by atoms with E-state index in [1.54, 1.807) is 7.11 Å². The molecule has 15 heavy (non-hydrogen) atoms. The Balaban J connectivity index is 2.20. The average Bonchev–Trinajstić information content (AvgIpc) is 2.29. The summed E-state index contributed by atoms with van der Waals surface area (Å²) < 4.78 is 5.38. The van der Waals surface area contributed by atoms with Crippen LogP contribution >= 0.6 is 11.8 Å². The topological polar surface area (TPSA) is 21.3 Å². The van der Waals surface area contributed by atoms with Crippen molar-refractivity contribution in [2.45, 2.75) is 24.8 Å². The minimum absolute atomic E-state index is 0.380. The third-order valence-electron chi connectivity index (χ3n) is 2.69. The fourth-order valence-corrected chi connectivity index (χ4v) is 3.24. The van der Waals surface area contributed by atoms with Crippen LogP contribution in [0.3, 0.4) is 0 Å². The zero-order chi connectivity index (χ0) is 10.7. The fraction of sp³-hybridized carbons (Fsp3) is 0.500. The van der Waals surface area contributed by atoms with E-state index < -0.39 is 0 Å². The molecule has 2 unspecified atom stereocenters. The SMILES string of the molecule is COc1ccccc1C1NC(C)CCS1. The molecule has 0 spiro atoms. The lowest BCUT2D eigenvalue weighted by atomic mass is 10.1. The molecular weight excluding hydrogens is 206 g/mol. The highest BCUT2D eigenvalue weighted by atomic mass is 32.2. The van der Waals surface area contributed by atoms with Crippen molar-refractivity contribution in [3.63, 3.8) is 0 Å². The second kappa shape index (κ2) is 4.90. The maximum absolute atomic E-state index is 5.38. The van der Waals surface area contributed by atoms with Gasteiger partial charge in [-0.1, -0.05) is 18.2 Å². The molecule has 3 heteroatoms. The van der Waals surface area contributed by atoms with Crippen LogP contribution in [-0.4, -0.2) is 18.9 Å². The molecule has 0 saturated carbocycles. The third-order valence-corrected chi connectivity index (χ3v) is 3.89. The summed E-state index contributed by atoms with van der Waals surface area (Å²) in [6.45, 7) is 2.24. The van der Waals surface area contributed by atoms with Gasteiger partial charge in [-0.15, -0.1) is 11.8 Å². The highest BCUT2D eigenvalue weighted by Gasteiger charge is 2.21. The van der Waals surface area contributed by atoms with Crippen LogP contribution < -0.4 is 10.1 Å². The van der Waals surface area contributed by atoms with Crippen LogP contribution in [0.5, 0.6) is 5.75 Å². The van der Waals surface area contributed by atoms with Crippen molar-refractivity contribution in [1.82, 2.24) is 5.32 Å². The minimum Gasteiger partial charge on any atom is -0.496 e. The molecule has 0 aromatic heterocycles. The lowest BCUT2D eigenvalue weighted by Gasteiger charge is -2.29. The average molecular weight is 223 g/mol. The molecule has 1 fully saturated rings. The van der Waals surface area contributed by atoms with Gasteiger partial charge in [0.25, 0.3) is 0 Å². The van der Waals surface area contributed by atoms with Gasteiger partial charge in [0.2, 0.25) is 0 Å². The third kappa shape index (κ3) is 2.47. The standard InChI is InChI=1S/C12H17NOS/c1-9-7-8-15-12(13-9)10-5-3-4-6-11(10)14-2/h3-6,9,12-13H,7-8H2,1-2H3. The van der Waals surface area contributed by atoms with E-state index in [4.69, 9.17) is 4.74 Å². The van der Waals surface area contributed by atoms with Crippen LogP contribution in [0, 0.1) is 0 Å². The lowest BCUT2D eigenvalue weighted by Crippen LogP contribution is -2.33. The maximum atomic E-state index is 5.38.